The van der Waals surface area contributed by atoms with Crippen LogP contribution in [-0.4, -0.2) is 53.8 Å². The van der Waals surface area contributed by atoms with E-state index < -0.39 is 23.3 Å². The number of methoxy groups -OCH3 is 1. The minimum absolute atomic E-state index is 0.138. The first-order chi connectivity index (χ1) is 16.8. The summed E-state index contributed by atoms with van der Waals surface area (Å²) in [5.41, 5.74) is -0.530. The topological polar surface area (TPSA) is 106 Å². The van der Waals surface area contributed by atoms with Gasteiger partial charge in [-0.05, 0) is 24.6 Å². The van der Waals surface area contributed by atoms with Crippen molar-refractivity contribution < 1.29 is 23.4 Å². The SMILES string of the molecule is COc1ncc(-c2cc3c(s2)C(=O)N([C@H](C)[C@](O)(Cn2cncn2)c2ccc(F)cc2F)C3)cn1. The lowest BCUT2D eigenvalue weighted by atomic mass is 9.85. The standard InChI is InChI=1S/C23H20F2N6O3S/c1-13(23(33,10-30-12-26-11-29-30)17-4-3-16(24)6-18(17)25)31-9-14-5-19(35-20(14)21(31)32)15-7-27-22(34-2)28-8-15/h3-8,11-13,33H,9-10H2,1-2H3/t13-,23-/m1/s1. The molecule has 9 nitrogen and oxygen atoms in total. The summed E-state index contributed by atoms with van der Waals surface area (Å²) >= 11 is 1.29. The molecule has 0 saturated heterocycles. The van der Waals surface area contributed by atoms with Gasteiger partial charge in [-0.25, -0.2) is 28.4 Å². The van der Waals surface area contributed by atoms with Crippen LogP contribution in [0.3, 0.4) is 0 Å². The van der Waals surface area contributed by atoms with E-state index in [1.54, 1.807) is 19.3 Å². The monoisotopic (exact) mass is 498 g/mol. The van der Waals surface area contributed by atoms with Crippen molar-refractivity contribution >= 4 is 17.2 Å². The van der Waals surface area contributed by atoms with Crippen molar-refractivity contribution in [3.63, 3.8) is 0 Å². The number of benzene rings is 1. The first-order valence-electron chi connectivity index (χ1n) is 10.6. The van der Waals surface area contributed by atoms with E-state index in [-0.39, 0.29) is 30.6 Å². The van der Waals surface area contributed by atoms with Crippen LogP contribution in [0.2, 0.25) is 0 Å². The molecular formula is C23H20F2N6O3S. The van der Waals surface area contributed by atoms with Crippen molar-refractivity contribution in [2.24, 2.45) is 0 Å². The largest absolute Gasteiger partial charge is 0.467 e. The lowest BCUT2D eigenvalue weighted by molar-refractivity contribution is -0.0556. The Bertz CT molecular complexity index is 1380. The average molecular weight is 499 g/mol. The highest BCUT2D eigenvalue weighted by Gasteiger charge is 2.46. The van der Waals surface area contributed by atoms with Gasteiger partial charge in [0.2, 0.25) is 0 Å². The van der Waals surface area contributed by atoms with Crippen molar-refractivity contribution in [3.8, 4) is 16.5 Å². The third kappa shape index (κ3) is 4.04. The number of carbonyl (C=O) groups is 1. The van der Waals surface area contributed by atoms with E-state index in [1.165, 1.54) is 46.7 Å². The smallest absolute Gasteiger partial charge is 0.316 e. The summed E-state index contributed by atoms with van der Waals surface area (Å²) in [4.78, 5) is 28.3. The summed E-state index contributed by atoms with van der Waals surface area (Å²) in [5.74, 6) is -1.98. The van der Waals surface area contributed by atoms with Gasteiger partial charge in [0.15, 0.2) is 0 Å². The molecule has 0 spiro atoms. The molecule has 0 bridgehead atoms. The molecule has 0 aliphatic carbocycles. The third-order valence-corrected chi connectivity index (χ3v) is 7.34. The van der Waals surface area contributed by atoms with Crippen molar-refractivity contribution in [2.45, 2.75) is 31.7 Å². The van der Waals surface area contributed by atoms with E-state index in [1.807, 2.05) is 6.07 Å². The van der Waals surface area contributed by atoms with Crippen LogP contribution < -0.4 is 4.74 Å². The number of nitrogens with zero attached hydrogens (tertiary/aromatic N) is 6. The average Bonchev–Trinajstić information content (AvgIpc) is 3.57. The Hall–Kier alpha value is -3.77. The van der Waals surface area contributed by atoms with Gasteiger partial charge >= 0.3 is 6.01 Å². The van der Waals surface area contributed by atoms with Gasteiger partial charge in [-0.2, -0.15) is 5.10 Å². The first kappa shape index (κ1) is 23.0. The van der Waals surface area contributed by atoms with Gasteiger partial charge in [-0.1, -0.05) is 6.07 Å². The molecule has 1 aromatic carbocycles. The van der Waals surface area contributed by atoms with Gasteiger partial charge in [0.25, 0.3) is 5.91 Å². The molecule has 4 aromatic rings. The lowest BCUT2D eigenvalue weighted by Crippen LogP contribution is -2.52. The van der Waals surface area contributed by atoms with E-state index in [0.29, 0.717) is 10.9 Å². The Kier molecular flexibility index (Phi) is 5.77. The number of hydrogen-bond donors (Lipinski definition) is 1. The number of thiophene rings is 1. The number of aromatic nitrogens is 5. The molecule has 180 valence electrons. The van der Waals surface area contributed by atoms with Crippen molar-refractivity contribution in [2.75, 3.05) is 7.11 Å². The maximum absolute atomic E-state index is 14.8. The van der Waals surface area contributed by atoms with Crippen molar-refractivity contribution in [3.05, 3.63) is 77.0 Å². The number of fused-ring (bicyclic) bond motifs is 1. The highest BCUT2D eigenvalue weighted by atomic mass is 32.1. The highest BCUT2D eigenvalue weighted by molar-refractivity contribution is 7.17. The maximum Gasteiger partial charge on any atom is 0.316 e. The molecule has 5 rings (SSSR count). The van der Waals surface area contributed by atoms with Crippen LogP contribution in [0.4, 0.5) is 8.78 Å². The maximum atomic E-state index is 14.8. The van der Waals surface area contributed by atoms with Crippen molar-refractivity contribution in [1.82, 2.24) is 29.6 Å². The number of amides is 1. The van der Waals surface area contributed by atoms with Crippen LogP contribution in [-0.2, 0) is 18.7 Å². The molecule has 1 amide bonds. The molecule has 0 unspecified atom stereocenters. The van der Waals surface area contributed by atoms with Crippen LogP contribution in [0.25, 0.3) is 10.4 Å². The molecule has 1 N–H and O–H groups in total. The number of aliphatic hydroxyl groups is 1. The second kappa shape index (κ2) is 8.78. The van der Waals surface area contributed by atoms with Crippen LogP contribution in [0.15, 0.2) is 49.3 Å². The molecule has 2 atom stereocenters. The molecule has 0 fully saturated rings. The van der Waals surface area contributed by atoms with Gasteiger partial charge in [0.05, 0.1) is 24.6 Å². The summed E-state index contributed by atoms with van der Waals surface area (Å²) in [5, 5.41) is 15.8. The molecule has 12 heteroatoms. The van der Waals surface area contributed by atoms with E-state index in [4.69, 9.17) is 4.74 Å². The van der Waals surface area contributed by atoms with Crippen LogP contribution in [0, 0.1) is 11.6 Å². The first-order valence-corrected chi connectivity index (χ1v) is 11.4. The molecule has 1 aliphatic heterocycles. The summed E-state index contributed by atoms with van der Waals surface area (Å²) in [6, 6.07) is 4.21. The van der Waals surface area contributed by atoms with Crippen LogP contribution in [0.5, 0.6) is 6.01 Å². The molecule has 0 radical (unpaired) electrons. The summed E-state index contributed by atoms with van der Waals surface area (Å²) in [7, 11) is 1.48. The van der Waals surface area contributed by atoms with Crippen LogP contribution in [0.1, 0.15) is 27.7 Å². The Morgan fingerprint density at radius 1 is 1.26 bits per heavy atom. The van der Waals surface area contributed by atoms with Gasteiger partial charge in [-0.15, -0.1) is 11.3 Å². The Morgan fingerprint density at radius 3 is 2.66 bits per heavy atom. The molecule has 0 saturated carbocycles. The number of carbonyl (C=O) groups excluding carboxylic acids is 1. The summed E-state index contributed by atoms with van der Waals surface area (Å²) < 4.78 is 34.8. The fourth-order valence-corrected chi connectivity index (χ4v) is 5.32. The van der Waals surface area contributed by atoms with E-state index in [0.717, 1.165) is 22.1 Å². The molecule has 3 aromatic heterocycles. The zero-order valence-electron chi connectivity index (χ0n) is 18.7. The minimum Gasteiger partial charge on any atom is -0.467 e. The Morgan fingerprint density at radius 2 is 2.03 bits per heavy atom. The van der Waals surface area contributed by atoms with Crippen LogP contribution >= 0.6 is 11.3 Å². The lowest BCUT2D eigenvalue weighted by Gasteiger charge is -2.39. The summed E-state index contributed by atoms with van der Waals surface area (Å²) in [6.45, 7) is 1.65. The zero-order valence-corrected chi connectivity index (χ0v) is 19.5. The normalized spacial score (nSPS) is 15.7. The van der Waals surface area contributed by atoms with E-state index >= 15 is 0 Å². The van der Waals surface area contributed by atoms with E-state index in [9.17, 15) is 18.7 Å². The zero-order chi connectivity index (χ0) is 24.7. The second-order valence-electron chi connectivity index (χ2n) is 8.17. The number of rotatable bonds is 7. The Labute approximate surface area is 202 Å². The van der Waals surface area contributed by atoms with Gasteiger partial charge < -0.3 is 14.7 Å². The van der Waals surface area contributed by atoms with E-state index in [2.05, 4.69) is 20.1 Å². The summed E-state index contributed by atoms with van der Waals surface area (Å²) in [6.07, 6.45) is 5.90. The highest BCUT2D eigenvalue weighted by Crippen LogP contribution is 2.41. The van der Waals surface area contributed by atoms with Gasteiger partial charge in [0.1, 0.15) is 29.9 Å². The molecular weight excluding hydrogens is 478 g/mol. The Balaban J connectivity index is 1.46. The van der Waals surface area contributed by atoms with Crippen molar-refractivity contribution in [1.29, 1.82) is 0 Å². The number of ether oxygens (including phenoxy) is 1. The quantitative estimate of drug-likeness (QED) is 0.418. The molecule has 1 aliphatic rings. The second-order valence-corrected chi connectivity index (χ2v) is 9.23. The third-order valence-electron chi connectivity index (χ3n) is 6.13. The number of hydrogen-bond acceptors (Lipinski definition) is 8. The minimum atomic E-state index is -1.91. The number of halogens is 2. The van der Waals surface area contributed by atoms with Gasteiger partial charge in [0, 0.05) is 41.0 Å². The predicted octanol–water partition coefficient (Wildman–Crippen LogP) is 3.02. The molecule has 35 heavy (non-hydrogen) atoms. The fourth-order valence-electron chi connectivity index (χ4n) is 4.22. The fraction of sp³-hybridized carbons (Fsp3) is 0.261. The predicted molar refractivity (Wildman–Crippen MR) is 122 cm³/mol. The molecule has 4 heterocycles. The van der Waals surface area contributed by atoms with Gasteiger partial charge in [-0.3, -0.25) is 4.79 Å².